The van der Waals surface area contributed by atoms with E-state index in [1.165, 1.54) is 18.3 Å². The summed E-state index contributed by atoms with van der Waals surface area (Å²) in [5.74, 6) is 0.857. The van der Waals surface area contributed by atoms with E-state index in [-0.39, 0.29) is 16.0 Å². The van der Waals surface area contributed by atoms with Crippen molar-refractivity contribution in [2.45, 2.75) is 11.3 Å². The van der Waals surface area contributed by atoms with Gasteiger partial charge in [0.05, 0.1) is 11.5 Å². The van der Waals surface area contributed by atoms with E-state index < -0.39 is 10.0 Å². The fraction of sp³-hybridized carbons (Fsp3) is 0.167. The van der Waals surface area contributed by atoms with Gasteiger partial charge in [-0.15, -0.1) is 0 Å². The first-order valence-electron chi connectivity index (χ1n) is 5.82. The number of nitrogens with one attached hydrogen (secondary N) is 1. The molecule has 1 aliphatic rings. The highest BCUT2D eigenvalue weighted by molar-refractivity contribution is 7.92. The first-order chi connectivity index (χ1) is 9.54. The molecule has 0 amide bonds. The second-order valence-corrected chi connectivity index (χ2v) is 6.20. The van der Waals surface area contributed by atoms with Crippen LogP contribution in [0.1, 0.15) is 5.56 Å². The summed E-state index contributed by atoms with van der Waals surface area (Å²) in [5.41, 5.74) is 0.883. The first-order valence-corrected chi connectivity index (χ1v) is 7.68. The summed E-state index contributed by atoms with van der Waals surface area (Å²) in [4.78, 5) is 7.65. The van der Waals surface area contributed by atoms with Gasteiger partial charge in [-0.05, 0) is 41.4 Å². The molecule has 1 aromatic carbocycles. The zero-order valence-corrected chi connectivity index (χ0v) is 11.8. The van der Waals surface area contributed by atoms with Crippen molar-refractivity contribution in [2.75, 3.05) is 11.3 Å². The summed E-state index contributed by atoms with van der Waals surface area (Å²) >= 11 is 5.62. The van der Waals surface area contributed by atoms with E-state index in [1.807, 2.05) is 0 Å². The summed E-state index contributed by atoms with van der Waals surface area (Å²) in [7, 11) is -3.71. The molecule has 0 saturated heterocycles. The van der Waals surface area contributed by atoms with Gasteiger partial charge >= 0.3 is 0 Å². The lowest BCUT2D eigenvalue weighted by Crippen LogP contribution is -2.14. The lowest BCUT2D eigenvalue weighted by molar-refractivity contribution is 0.356. The maximum absolute atomic E-state index is 12.3. The third-order valence-electron chi connectivity index (χ3n) is 2.84. The van der Waals surface area contributed by atoms with E-state index in [4.69, 9.17) is 16.3 Å². The van der Waals surface area contributed by atoms with Crippen LogP contribution in [-0.4, -0.2) is 25.0 Å². The maximum Gasteiger partial charge on any atom is 0.263 e. The van der Waals surface area contributed by atoms with Crippen LogP contribution in [-0.2, 0) is 16.4 Å². The van der Waals surface area contributed by atoms with Crippen LogP contribution in [0.4, 0.5) is 5.82 Å². The largest absolute Gasteiger partial charge is 0.493 e. The minimum absolute atomic E-state index is 0.0208. The Kier molecular flexibility index (Phi) is 3.23. The Morgan fingerprint density at radius 1 is 1.30 bits per heavy atom. The maximum atomic E-state index is 12.3. The van der Waals surface area contributed by atoms with E-state index in [0.29, 0.717) is 13.0 Å². The van der Waals surface area contributed by atoms with Gasteiger partial charge in [0.15, 0.2) is 0 Å². The summed E-state index contributed by atoms with van der Waals surface area (Å²) < 4.78 is 32.2. The minimum atomic E-state index is -3.71. The molecule has 0 aliphatic carbocycles. The van der Waals surface area contributed by atoms with Crippen molar-refractivity contribution in [3.05, 3.63) is 41.3 Å². The van der Waals surface area contributed by atoms with Gasteiger partial charge in [-0.1, -0.05) is 0 Å². The fourth-order valence-corrected chi connectivity index (χ4v) is 3.12. The number of anilines is 1. The molecule has 20 heavy (non-hydrogen) atoms. The number of benzene rings is 1. The smallest absolute Gasteiger partial charge is 0.263 e. The molecule has 1 aromatic heterocycles. The molecule has 2 heterocycles. The molecule has 8 heteroatoms. The molecule has 104 valence electrons. The molecule has 3 rings (SSSR count). The Balaban J connectivity index is 1.92. The van der Waals surface area contributed by atoms with Crippen molar-refractivity contribution >= 4 is 27.4 Å². The predicted octanol–water partition coefficient (Wildman–Crippen LogP) is 1.87. The Morgan fingerprint density at radius 2 is 2.15 bits per heavy atom. The standard InChI is InChI=1S/C12H10ClN3O3S/c13-12-14-5-3-11(15-12)16-20(17,18)9-1-2-10-8(7-9)4-6-19-10/h1-3,5,7H,4,6H2,(H,14,15,16). The molecule has 1 N–H and O–H groups in total. The first kappa shape index (κ1) is 13.1. The Morgan fingerprint density at radius 3 is 2.95 bits per heavy atom. The summed E-state index contributed by atoms with van der Waals surface area (Å²) in [6.07, 6.45) is 2.09. The highest BCUT2D eigenvalue weighted by Crippen LogP contribution is 2.28. The van der Waals surface area contributed by atoms with E-state index in [1.54, 1.807) is 12.1 Å². The fourth-order valence-electron chi connectivity index (χ4n) is 1.92. The molecular formula is C12H10ClN3O3S. The Bertz CT molecular complexity index is 764. The number of fused-ring (bicyclic) bond motifs is 1. The number of sulfonamides is 1. The summed E-state index contributed by atoms with van der Waals surface area (Å²) in [5, 5.41) is -0.0208. The monoisotopic (exact) mass is 311 g/mol. The molecule has 0 saturated carbocycles. The van der Waals surface area contributed by atoms with Gasteiger partial charge < -0.3 is 4.74 Å². The molecule has 6 nitrogen and oxygen atoms in total. The molecular weight excluding hydrogens is 302 g/mol. The van der Waals surface area contributed by atoms with Crippen molar-refractivity contribution in [3.63, 3.8) is 0 Å². The van der Waals surface area contributed by atoms with Crippen molar-refractivity contribution in [1.82, 2.24) is 9.97 Å². The second-order valence-electron chi connectivity index (χ2n) is 4.18. The van der Waals surface area contributed by atoms with Crippen molar-refractivity contribution in [3.8, 4) is 5.75 Å². The minimum Gasteiger partial charge on any atom is -0.493 e. The van der Waals surface area contributed by atoms with E-state index in [0.717, 1.165) is 11.3 Å². The molecule has 0 atom stereocenters. The summed E-state index contributed by atoms with van der Waals surface area (Å²) in [6.45, 7) is 0.577. The number of ether oxygens (including phenoxy) is 1. The zero-order chi connectivity index (χ0) is 14.2. The lowest BCUT2D eigenvalue weighted by Gasteiger charge is -2.08. The van der Waals surface area contributed by atoms with Gasteiger partial charge in [0.1, 0.15) is 11.6 Å². The van der Waals surface area contributed by atoms with Crippen LogP contribution >= 0.6 is 11.6 Å². The van der Waals surface area contributed by atoms with Crippen LogP contribution in [0.15, 0.2) is 35.4 Å². The number of hydrogen-bond acceptors (Lipinski definition) is 5. The van der Waals surface area contributed by atoms with Gasteiger partial charge in [-0.2, -0.15) is 4.98 Å². The van der Waals surface area contributed by atoms with Crippen molar-refractivity contribution < 1.29 is 13.2 Å². The van der Waals surface area contributed by atoms with Gasteiger partial charge in [-0.3, -0.25) is 4.72 Å². The quantitative estimate of drug-likeness (QED) is 0.875. The second kappa shape index (κ2) is 4.92. The average molecular weight is 312 g/mol. The molecule has 0 unspecified atom stereocenters. The van der Waals surface area contributed by atoms with E-state index >= 15 is 0 Å². The van der Waals surface area contributed by atoms with Crippen LogP contribution < -0.4 is 9.46 Å². The number of halogens is 1. The summed E-state index contributed by atoms with van der Waals surface area (Å²) in [6, 6.07) is 6.19. The zero-order valence-electron chi connectivity index (χ0n) is 10.2. The predicted molar refractivity (Wildman–Crippen MR) is 73.5 cm³/mol. The van der Waals surface area contributed by atoms with Gasteiger partial charge in [0, 0.05) is 12.6 Å². The van der Waals surface area contributed by atoms with Gasteiger partial charge in [0.2, 0.25) is 5.28 Å². The Hall–Kier alpha value is -1.86. The number of rotatable bonds is 3. The molecule has 0 fully saturated rings. The Labute approximate surface area is 120 Å². The van der Waals surface area contributed by atoms with Crippen LogP contribution in [0.3, 0.4) is 0 Å². The number of nitrogens with zero attached hydrogens (tertiary/aromatic N) is 2. The third-order valence-corrected chi connectivity index (χ3v) is 4.37. The van der Waals surface area contributed by atoms with Crippen molar-refractivity contribution in [2.24, 2.45) is 0 Å². The SMILES string of the molecule is O=S(=O)(Nc1ccnc(Cl)n1)c1ccc2c(c1)CCO2. The number of hydrogen-bond donors (Lipinski definition) is 1. The lowest BCUT2D eigenvalue weighted by atomic mass is 10.2. The van der Waals surface area contributed by atoms with E-state index in [2.05, 4.69) is 14.7 Å². The molecule has 0 bridgehead atoms. The van der Waals surface area contributed by atoms with Crippen molar-refractivity contribution in [1.29, 1.82) is 0 Å². The van der Waals surface area contributed by atoms with Crippen LogP contribution in [0.5, 0.6) is 5.75 Å². The van der Waals surface area contributed by atoms with Gasteiger partial charge in [-0.25, -0.2) is 13.4 Å². The highest BCUT2D eigenvalue weighted by atomic mass is 35.5. The third kappa shape index (κ3) is 2.54. The van der Waals surface area contributed by atoms with Crippen LogP contribution in [0.25, 0.3) is 0 Å². The average Bonchev–Trinajstić information content (AvgIpc) is 2.85. The molecule has 0 spiro atoms. The molecule has 1 aliphatic heterocycles. The normalized spacial score (nSPS) is 13.7. The topological polar surface area (TPSA) is 81.2 Å². The molecule has 0 radical (unpaired) electrons. The van der Waals surface area contributed by atoms with Crippen LogP contribution in [0, 0.1) is 0 Å². The van der Waals surface area contributed by atoms with Crippen LogP contribution in [0.2, 0.25) is 5.28 Å². The molecule has 2 aromatic rings. The highest BCUT2D eigenvalue weighted by Gasteiger charge is 2.19. The van der Waals surface area contributed by atoms with Gasteiger partial charge in [0.25, 0.3) is 10.0 Å². The van der Waals surface area contributed by atoms with E-state index in [9.17, 15) is 8.42 Å². The number of aromatic nitrogens is 2.